The number of nitrogens with one attached hydrogen (secondary N) is 1. The van der Waals surface area contributed by atoms with Gasteiger partial charge in [0.05, 0.1) is 0 Å². The third-order valence-electron chi connectivity index (χ3n) is 3.17. The van der Waals surface area contributed by atoms with E-state index in [1.165, 1.54) is 0 Å². The number of hydrogen-bond acceptors (Lipinski definition) is 3. The number of hydrogen-bond donors (Lipinski definition) is 2. The van der Waals surface area contributed by atoms with E-state index >= 15 is 0 Å². The van der Waals surface area contributed by atoms with Crippen LogP contribution in [-0.2, 0) is 9.59 Å². The Morgan fingerprint density at radius 1 is 1.00 bits per heavy atom. The lowest BCUT2D eigenvalue weighted by molar-refractivity contribution is -0.138. The standard InChI is InChI=1S/C18H19NO4/c1-13(12-18(21)22)11-17(20)19-14-7-9-16(10-8-14)23-15-5-3-2-4-6-15/h2-10,13H,11-12H2,1H3,(H,19,20)(H,21,22)/t13-/m0/s1. The van der Waals surface area contributed by atoms with E-state index in [2.05, 4.69) is 5.32 Å². The molecule has 23 heavy (non-hydrogen) atoms. The van der Waals surface area contributed by atoms with Crippen LogP contribution in [0.1, 0.15) is 19.8 Å². The molecule has 0 aromatic heterocycles. The molecule has 0 heterocycles. The molecule has 1 atom stereocenters. The molecule has 5 nitrogen and oxygen atoms in total. The summed E-state index contributed by atoms with van der Waals surface area (Å²) in [5.41, 5.74) is 0.651. The Labute approximate surface area is 134 Å². The lowest BCUT2D eigenvalue weighted by atomic mass is 10.0. The number of ether oxygens (including phenoxy) is 1. The summed E-state index contributed by atoms with van der Waals surface area (Å²) >= 11 is 0. The molecule has 0 bridgehead atoms. The van der Waals surface area contributed by atoms with E-state index in [9.17, 15) is 9.59 Å². The maximum atomic E-state index is 11.8. The van der Waals surface area contributed by atoms with Gasteiger partial charge < -0.3 is 15.2 Å². The van der Waals surface area contributed by atoms with Crippen LogP contribution in [0, 0.1) is 5.92 Å². The summed E-state index contributed by atoms with van der Waals surface area (Å²) < 4.78 is 5.67. The molecule has 0 fully saturated rings. The first-order chi connectivity index (χ1) is 11.0. The van der Waals surface area contributed by atoms with Crippen LogP contribution in [0.5, 0.6) is 11.5 Å². The topological polar surface area (TPSA) is 75.6 Å². The SMILES string of the molecule is C[C@H](CC(=O)O)CC(=O)Nc1ccc(Oc2ccccc2)cc1. The van der Waals surface area contributed by atoms with Crippen LogP contribution in [0.15, 0.2) is 54.6 Å². The van der Waals surface area contributed by atoms with Gasteiger partial charge in [0, 0.05) is 18.5 Å². The van der Waals surface area contributed by atoms with Crippen molar-refractivity contribution in [2.24, 2.45) is 5.92 Å². The fraction of sp³-hybridized carbons (Fsp3) is 0.222. The van der Waals surface area contributed by atoms with Crippen molar-refractivity contribution in [2.75, 3.05) is 5.32 Å². The number of carboxylic acids is 1. The molecule has 5 heteroatoms. The van der Waals surface area contributed by atoms with Gasteiger partial charge in [-0.1, -0.05) is 25.1 Å². The number of rotatable bonds is 7. The summed E-state index contributed by atoms with van der Waals surface area (Å²) in [6.45, 7) is 1.74. The minimum Gasteiger partial charge on any atom is -0.481 e. The summed E-state index contributed by atoms with van der Waals surface area (Å²) in [4.78, 5) is 22.4. The number of anilines is 1. The van der Waals surface area contributed by atoms with Gasteiger partial charge in [-0.3, -0.25) is 9.59 Å². The highest BCUT2D eigenvalue weighted by Crippen LogP contribution is 2.22. The molecule has 2 N–H and O–H groups in total. The van der Waals surface area contributed by atoms with Crippen LogP contribution >= 0.6 is 0 Å². The van der Waals surface area contributed by atoms with Crippen molar-refractivity contribution in [1.82, 2.24) is 0 Å². The molecule has 0 unspecified atom stereocenters. The van der Waals surface area contributed by atoms with Gasteiger partial charge in [0.1, 0.15) is 11.5 Å². The third kappa shape index (κ3) is 5.82. The van der Waals surface area contributed by atoms with Crippen LogP contribution in [0.3, 0.4) is 0 Å². The number of carbonyl (C=O) groups is 2. The van der Waals surface area contributed by atoms with E-state index in [0.29, 0.717) is 11.4 Å². The van der Waals surface area contributed by atoms with E-state index in [1.54, 1.807) is 31.2 Å². The van der Waals surface area contributed by atoms with Crippen molar-refractivity contribution >= 4 is 17.6 Å². The second kappa shape index (κ2) is 7.98. The average molecular weight is 313 g/mol. The zero-order chi connectivity index (χ0) is 16.7. The molecular formula is C18H19NO4. The van der Waals surface area contributed by atoms with E-state index in [-0.39, 0.29) is 24.7 Å². The minimum atomic E-state index is -0.896. The van der Waals surface area contributed by atoms with Gasteiger partial charge in [-0.2, -0.15) is 0 Å². The first-order valence-electron chi connectivity index (χ1n) is 7.37. The number of carbonyl (C=O) groups excluding carboxylic acids is 1. The molecule has 0 saturated carbocycles. The largest absolute Gasteiger partial charge is 0.481 e. The fourth-order valence-electron chi connectivity index (χ4n) is 2.13. The van der Waals surface area contributed by atoms with Crippen molar-refractivity contribution in [3.8, 4) is 11.5 Å². The van der Waals surface area contributed by atoms with Crippen LogP contribution < -0.4 is 10.1 Å². The number of aliphatic carboxylic acids is 1. The molecule has 0 aliphatic carbocycles. The van der Waals surface area contributed by atoms with Crippen LogP contribution in [-0.4, -0.2) is 17.0 Å². The molecule has 2 rings (SSSR count). The van der Waals surface area contributed by atoms with E-state index in [1.807, 2.05) is 30.3 Å². The molecule has 0 aliphatic heterocycles. The van der Waals surface area contributed by atoms with Crippen LogP contribution in [0.4, 0.5) is 5.69 Å². The summed E-state index contributed by atoms with van der Waals surface area (Å²) in [5.74, 6) is 0.122. The summed E-state index contributed by atoms with van der Waals surface area (Å²) in [6, 6.07) is 16.4. The van der Waals surface area contributed by atoms with Gasteiger partial charge in [-0.15, -0.1) is 0 Å². The van der Waals surface area contributed by atoms with E-state index < -0.39 is 5.97 Å². The first-order valence-corrected chi connectivity index (χ1v) is 7.37. The maximum Gasteiger partial charge on any atom is 0.303 e. The molecular weight excluding hydrogens is 294 g/mol. The van der Waals surface area contributed by atoms with Crippen molar-refractivity contribution in [2.45, 2.75) is 19.8 Å². The highest BCUT2D eigenvalue weighted by molar-refractivity contribution is 5.91. The maximum absolute atomic E-state index is 11.8. The van der Waals surface area contributed by atoms with Gasteiger partial charge in [0.15, 0.2) is 0 Å². The van der Waals surface area contributed by atoms with Crippen molar-refractivity contribution in [3.63, 3.8) is 0 Å². The number of carboxylic acid groups (broad SMARTS) is 1. The molecule has 0 spiro atoms. The summed E-state index contributed by atoms with van der Waals surface area (Å²) in [5, 5.41) is 11.4. The highest BCUT2D eigenvalue weighted by atomic mass is 16.5. The monoisotopic (exact) mass is 313 g/mol. The Bertz CT molecular complexity index is 652. The highest BCUT2D eigenvalue weighted by Gasteiger charge is 2.12. The Morgan fingerprint density at radius 2 is 1.61 bits per heavy atom. The second-order valence-electron chi connectivity index (χ2n) is 5.39. The predicted molar refractivity (Wildman–Crippen MR) is 87.6 cm³/mol. The lowest BCUT2D eigenvalue weighted by Gasteiger charge is -2.10. The lowest BCUT2D eigenvalue weighted by Crippen LogP contribution is -2.16. The summed E-state index contributed by atoms with van der Waals surface area (Å²) in [6.07, 6.45) is 0.159. The average Bonchev–Trinajstić information content (AvgIpc) is 2.49. The summed E-state index contributed by atoms with van der Waals surface area (Å²) in [7, 11) is 0. The molecule has 2 aromatic rings. The van der Waals surface area contributed by atoms with Crippen molar-refractivity contribution in [3.05, 3.63) is 54.6 Å². The van der Waals surface area contributed by atoms with Crippen molar-refractivity contribution in [1.29, 1.82) is 0 Å². The van der Waals surface area contributed by atoms with Gasteiger partial charge in [0.2, 0.25) is 5.91 Å². The predicted octanol–water partition coefficient (Wildman–Crippen LogP) is 3.92. The van der Waals surface area contributed by atoms with Gasteiger partial charge >= 0.3 is 5.97 Å². The van der Waals surface area contributed by atoms with E-state index in [4.69, 9.17) is 9.84 Å². The minimum absolute atomic E-state index is 0.0166. The molecule has 2 aromatic carbocycles. The Balaban J connectivity index is 1.87. The number of benzene rings is 2. The zero-order valence-electron chi connectivity index (χ0n) is 12.9. The molecule has 1 amide bonds. The third-order valence-corrected chi connectivity index (χ3v) is 3.17. The quantitative estimate of drug-likeness (QED) is 0.812. The molecule has 120 valence electrons. The molecule has 0 saturated heterocycles. The zero-order valence-corrected chi connectivity index (χ0v) is 12.9. The van der Waals surface area contributed by atoms with Gasteiger partial charge in [-0.05, 0) is 42.3 Å². The number of para-hydroxylation sites is 1. The Morgan fingerprint density at radius 3 is 2.22 bits per heavy atom. The van der Waals surface area contributed by atoms with Crippen LogP contribution in [0.2, 0.25) is 0 Å². The van der Waals surface area contributed by atoms with Crippen LogP contribution in [0.25, 0.3) is 0 Å². The molecule has 0 aliphatic rings. The van der Waals surface area contributed by atoms with Crippen molar-refractivity contribution < 1.29 is 19.4 Å². The Hall–Kier alpha value is -2.82. The molecule has 0 radical (unpaired) electrons. The second-order valence-corrected chi connectivity index (χ2v) is 5.39. The number of amides is 1. The smallest absolute Gasteiger partial charge is 0.303 e. The van der Waals surface area contributed by atoms with Gasteiger partial charge in [-0.25, -0.2) is 0 Å². The fourth-order valence-corrected chi connectivity index (χ4v) is 2.13. The normalized spacial score (nSPS) is 11.5. The van der Waals surface area contributed by atoms with Gasteiger partial charge in [0.25, 0.3) is 0 Å². The first kappa shape index (κ1) is 16.5. The van der Waals surface area contributed by atoms with E-state index in [0.717, 1.165) is 5.75 Å². The Kier molecular flexibility index (Phi) is 5.74.